The van der Waals surface area contributed by atoms with Crippen LogP contribution in [0.15, 0.2) is 23.1 Å². The van der Waals surface area contributed by atoms with Crippen molar-refractivity contribution in [1.29, 1.82) is 0 Å². The van der Waals surface area contributed by atoms with E-state index in [2.05, 4.69) is 10.2 Å². The number of hydroxylamine groups is 1. The highest BCUT2D eigenvalue weighted by atomic mass is 32.2. The Bertz CT molecular complexity index is 503. The molecule has 2 aliphatic rings. The average Bonchev–Trinajstić information content (AvgIpc) is 2.88. The molecule has 1 amide bonds. The second kappa shape index (κ2) is 6.03. The lowest BCUT2D eigenvalue weighted by atomic mass is 10.1. The maximum Gasteiger partial charge on any atom is 0.274 e. The van der Waals surface area contributed by atoms with Crippen LogP contribution < -0.4 is 10.8 Å². The van der Waals surface area contributed by atoms with Gasteiger partial charge in [0, 0.05) is 22.7 Å². The van der Waals surface area contributed by atoms with E-state index in [0.717, 1.165) is 12.2 Å². The third-order valence-electron chi connectivity index (χ3n) is 3.80. The Kier molecular flexibility index (Phi) is 4.14. The van der Waals surface area contributed by atoms with Crippen molar-refractivity contribution in [2.45, 2.75) is 29.5 Å². The van der Waals surface area contributed by atoms with E-state index in [1.54, 1.807) is 17.6 Å². The number of likely N-dealkylation sites (tertiary alicyclic amines) is 1. The number of hydrogen-bond donors (Lipinski definition) is 3. The highest BCUT2D eigenvalue weighted by Gasteiger charge is 2.25. The molecule has 3 N–H and O–H groups in total. The number of piperidine rings is 1. The summed E-state index contributed by atoms with van der Waals surface area (Å²) in [5.41, 5.74) is 3.12. The fraction of sp³-hybridized carbons (Fsp3) is 0.500. The largest absolute Gasteiger partial charge is 0.371 e. The van der Waals surface area contributed by atoms with Crippen LogP contribution in [0.4, 0.5) is 5.69 Å². The molecule has 20 heavy (non-hydrogen) atoms. The summed E-state index contributed by atoms with van der Waals surface area (Å²) in [6.07, 6.45) is 3.94. The summed E-state index contributed by atoms with van der Waals surface area (Å²) in [6.45, 7) is 3.40. The third kappa shape index (κ3) is 2.92. The summed E-state index contributed by atoms with van der Waals surface area (Å²) in [5, 5.41) is 12.5. The van der Waals surface area contributed by atoms with E-state index in [4.69, 9.17) is 5.21 Å². The minimum Gasteiger partial charge on any atom is -0.371 e. The molecule has 0 aliphatic carbocycles. The van der Waals surface area contributed by atoms with Gasteiger partial charge in [-0.25, -0.2) is 5.48 Å². The van der Waals surface area contributed by atoms with Gasteiger partial charge in [-0.1, -0.05) is 18.2 Å². The molecular weight excluding hydrogens is 274 g/mol. The first kappa shape index (κ1) is 13.7. The van der Waals surface area contributed by atoms with Gasteiger partial charge in [0.2, 0.25) is 0 Å². The predicted octanol–water partition coefficient (Wildman–Crippen LogP) is 2.14. The van der Waals surface area contributed by atoms with Crippen molar-refractivity contribution in [2.75, 3.05) is 25.0 Å². The first-order chi connectivity index (χ1) is 9.76. The first-order valence-electron chi connectivity index (χ1n) is 7.00. The number of benzene rings is 1. The number of thioether (sulfide) groups is 1. The van der Waals surface area contributed by atoms with Gasteiger partial charge in [0.15, 0.2) is 0 Å². The zero-order valence-corrected chi connectivity index (χ0v) is 12.1. The lowest BCUT2D eigenvalue weighted by Gasteiger charge is -2.28. The molecule has 0 radical (unpaired) electrons. The van der Waals surface area contributed by atoms with E-state index < -0.39 is 5.91 Å². The van der Waals surface area contributed by atoms with E-state index in [0.29, 0.717) is 10.9 Å². The standard InChI is InChI=1S/C14H19N3O2S/c18-14(16-19)10-4-5-12-11(8-10)15-13(20-12)9-17-6-2-1-3-7-17/h4-5,8,13,15,19H,1-3,6-7,9H2,(H,16,18). The second-order valence-electron chi connectivity index (χ2n) is 5.26. The zero-order valence-electron chi connectivity index (χ0n) is 11.3. The second-order valence-corrected chi connectivity index (χ2v) is 6.51. The summed E-state index contributed by atoms with van der Waals surface area (Å²) in [7, 11) is 0. The van der Waals surface area contributed by atoms with Gasteiger partial charge < -0.3 is 10.2 Å². The number of anilines is 1. The molecule has 1 atom stereocenters. The summed E-state index contributed by atoms with van der Waals surface area (Å²) < 4.78 is 0. The quantitative estimate of drug-likeness (QED) is 0.588. The molecule has 2 heterocycles. The number of rotatable bonds is 3. The fourth-order valence-electron chi connectivity index (χ4n) is 2.77. The van der Waals surface area contributed by atoms with E-state index in [1.807, 2.05) is 17.8 Å². The Labute approximate surface area is 122 Å². The summed E-state index contributed by atoms with van der Waals surface area (Å²) in [5.74, 6) is -0.473. The van der Waals surface area contributed by atoms with Gasteiger partial charge in [0.25, 0.3) is 5.91 Å². The molecule has 0 bridgehead atoms. The molecule has 1 unspecified atom stereocenters. The Morgan fingerprint density at radius 2 is 2.20 bits per heavy atom. The number of hydrogen-bond acceptors (Lipinski definition) is 5. The van der Waals surface area contributed by atoms with E-state index in [9.17, 15) is 4.79 Å². The number of fused-ring (bicyclic) bond motifs is 1. The van der Waals surface area contributed by atoms with Gasteiger partial charge >= 0.3 is 0 Å². The minimum atomic E-state index is -0.473. The summed E-state index contributed by atoms with van der Waals surface area (Å²) >= 11 is 1.81. The number of carbonyl (C=O) groups is 1. The summed E-state index contributed by atoms with van der Waals surface area (Å²) in [4.78, 5) is 15.1. The lowest BCUT2D eigenvalue weighted by molar-refractivity contribution is 0.0706. The van der Waals surface area contributed by atoms with Gasteiger partial charge in [-0.05, 0) is 44.1 Å². The first-order valence-corrected chi connectivity index (χ1v) is 7.88. The van der Waals surface area contributed by atoms with Gasteiger partial charge in [0.1, 0.15) is 0 Å². The average molecular weight is 293 g/mol. The van der Waals surface area contributed by atoms with E-state index in [1.165, 1.54) is 37.2 Å². The SMILES string of the molecule is O=C(NO)c1ccc2c(c1)NC(CN1CCCCC1)S2. The van der Waals surface area contributed by atoms with Crippen LogP contribution in [0.2, 0.25) is 0 Å². The lowest BCUT2D eigenvalue weighted by Crippen LogP contribution is -2.37. The Balaban J connectivity index is 1.64. The van der Waals surface area contributed by atoms with Crippen LogP contribution in [0.1, 0.15) is 29.6 Å². The number of nitrogens with zero attached hydrogens (tertiary/aromatic N) is 1. The van der Waals surface area contributed by atoms with Crippen LogP contribution in [-0.4, -0.2) is 41.0 Å². The van der Waals surface area contributed by atoms with Crippen molar-refractivity contribution >= 4 is 23.4 Å². The van der Waals surface area contributed by atoms with Crippen molar-refractivity contribution in [1.82, 2.24) is 10.4 Å². The van der Waals surface area contributed by atoms with Crippen molar-refractivity contribution in [2.24, 2.45) is 0 Å². The van der Waals surface area contributed by atoms with E-state index in [-0.39, 0.29) is 0 Å². The van der Waals surface area contributed by atoms with Crippen molar-refractivity contribution < 1.29 is 10.0 Å². The molecule has 1 fully saturated rings. The number of nitrogens with one attached hydrogen (secondary N) is 2. The van der Waals surface area contributed by atoms with Crippen LogP contribution in [0.25, 0.3) is 0 Å². The predicted molar refractivity (Wildman–Crippen MR) is 79.3 cm³/mol. The number of amides is 1. The maximum atomic E-state index is 11.4. The smallest absolute Gasteiger partial charge is 0.274 e. The van der Waals surface area contributed by atoms with Crippen molar-refractivity contribution in [3.8, 4) is 0 Å². The Morgan fingerprint density at radius 1 is 1.40 bits per heavy atom. The van der Waals surface area contributed by atoms with Gasteiger partial charge in [-0.15, -0.1) is 0 Å². The zero-order chi connectivity index (χ0) is 13.9. The normalized spacial score (nSPS) is 22.1. The van der Waals surface area contributed by atoms with Gasteiger partial charge in [-0.3, -0.25) is 10.0 Å². The van der Waals surface area contributed by atoms with Crippen LogP contribution in [-0.2, 0) is 0 Å². The van der Waals surface area contributed by atoms with Gasteiger partial charge in [0.05, 0.1) is 5.37 Å². The highest BCUT2D eigenvalue weighted by Crippen LogP contribution is 2.39. The molecule has 0 aromatic heterocycles. The molecular formula is C14H19N3O2S. The Hall–Kier alpha value is -1.24. The molecule has 2 aliphatic heterocycles. The molecule has 0 saturated carbocycles. The number of carbonyl (C=O) groups excluding carboxylic acids is 1. The maximum absolute atomic E-state index is 11.4. The van der Waals surface area contributed by atoms with Crippen LogP contribution in [0.3, 0.4) is 0 Å². The molecule has 5 nitrogen and oxygen atoms in total. The minimum absolute atomic E-state index is 0.343. The van der Waals surface area contributed by atoms with E-state index >= 15 is 0 Å². The Morgan fingerprint density at radius 3 is 2.95 bits per heavy atom. The van der Waals surface area contributed by atoms with Crippen molar-refractivity contribution in [3.05, 3.63) is 23.8 Å². The summed E-state index contributed by atoms with van der Waals surface area (Å²) in [6, 6.07) is 5.47. The topological polar surface area (TPSA) is 64.6 Å². The fourth-order valence-corrected chi connectivity index (χ4v) is 3.94. The molecule has 3 rings (SSSR count). The molecule has 1 aromatic carbocycles. The molecule has 1 saturated heterocycles. The molecule has 0 spiro atoms. The molecule has 6 heteroatoms. The van der Waals surface area contributed by atoms with Gasteiger partial charge in [-0.2, -0.15) is 0 Å². The van der Waals surface area contributed by atoms with Crippen LogP contribution in [0.5, 0.6) is 0 Å². The van der Waals surface area contributed by atoms with Crippen LogP contribution in [0, 0.1) is 0 Å². The monoisotopic (exact) mass is 293 g/mol. The molecule has 1 aromatic rings. The molecule has 108 valence electrons. The highest BCUT2D eigenvalue weighted by molar-refractivity contribution is 8.00. The third-order valence-corrected chi connectivity index (χ3v) is 4.96. The van der Waals surface area contributed by atoms with Crippen molar-refractivity contribution in [3.63, 3.8) is 0 Å². The van der Waals surface area contributed by atoms with Crippen LogP contribution >= 0.6 is 11.8 Å².